The van der Waals surface area contributed by atoms with Crippen LogP contribution in [0.3, 0.4) is 0 Å². The number of hydrogen-bond acceptors (Lipinski definition) is 4. The van der Waals surface area contributed by atoms with E-state index in [-0.39, 0.29) is 11.6 Å². The summed E-state index contributed by atoms with van der Waals surface area (Å²) in [5.41, 5.74) is 3.42. The quantitative estimate of drug-likeness (QED) is 0.682. The third-order valence-corrected chi connectivity index (χ3v) is 4.47. The number of carbonyl (C=O) groups is 2. The monoisotopic (exact) mass is 350 g/mol. The van der Waals surface area contributed by atoms with E-state index in [1.54, 1.807) is 12.1 Å². The molecular formula is C22H26N2O2. The molecule has 0 saturated heterocycles. The van der Waals surface area contributed by atoms with Gasteiger partial charge in [0, 0.05) is 35.6 Å². The highest BCUT2D eigenvalue weighted by Crippen LogP contribution is 2.35. The molecule has 26 heavy (non-hydrogen) atoms. The van der Waals surface area contributed by atoms with Crippen LogP contribution in [-0.2, 0) is 0 Å². The van der Waals surface area contributed by atoms with E-state index in [2.05, 4.69) is 38.3 Å². The van der Waals surface area contributed by atoms with E-state index < -0.39 is 0 Å². The third kappa shape index (κ3) is 3.36. The minimum absolute atomic E-state index is 0.0870. The summed E-state index contributed by atoms with van der Waals surface area (Å²) in [6.07, 6.45) is 0. The Kier molecular flexibility index (Phi) is 5.12. The number of fused-ring (bicyclic) bond motifs is 2. The molecule has 1 aliphatic carbocycles. The van der Waals surface area contributed by atoms with Gasteiger partial charge in [0.1, 0.15) is 0 Å². The van der Waals surface area contributed by atoms with Crippen molar-refractivity contribution in [2.75, 3.05) is 23.7 Å². The van der Waals surface area contributed by atoms with Gasteiger partial charge in [-0.15, -0.1) is 0 Å². The summed E-state index contributed by atoms with van der Waals surface area (Å²) in [6.45, 7) is 9.93. The fraction of sp³-hybridized carbons (Fsp3) is 0.364. The first-order valence-electron chi connectivity index (χ1n) is 9.23. The van der Waals surface area contributed by atoms with Crippen LogP contribution in [0.4, 0.5) is 11.4 Å². The third-order valence-electron chi connectivity index (χ3n) is 4.47. The lowest BCUT2D eigenvalue weighted by Gasteiger charge is -2.24. The number of anilines is 2. The SMILES string of the molecule is CC(C)CNc1cccc2c1C(=O)c1c(NCC(C)C)cccc1C2=O. The summed E-state index contributed by atoms with van der Waals surface area (Å²) >= 11 is 0. The molecule has 0 radical (unpaired) electrons. The van der Waals surface area contributed by atoms with Crippen molar-refractivity contribution in [3.8, 4) is 0 Å². The van der Waals surface area contributed by atoms with E-state index in [4.69, 9.17) is 0 Å². The first kappa shape index (κ1) is 18.2. The van der Waals surface area contributed by atoms with E-state index >= 15 is 0 Å². The zero-order valence-corrected chi connectivity index (χ0v) is 15.8. The molecule has 136 valence electrons. The molecule has 4 heteroatoms. The Morgan fingerprint density at radius 2 is 1.12 bits per heavy atom. The second-order valence-corrected chi connectivity index (χ2v) is 7.66. The zero-order chi connectivity index (χ0) is 18.8. The minimum atomic E-state index is -0.0895. The van der Waals surface area contributed by atoms with E-state index in [1.165, 1.54) is 0 Å². The van der Waals surface area contributed by atoms with Crippen LogP contribution in [0.5, 0.6) is 0 Å². The van der Waals surface area contributed by atoms with E-state index in [0.717, 1.165) is 24.5 Å². The highest BCUT2D eigenvalue weighted by Gasteiger charge is 2.33. The average Bonchev–Trinajstić information content (AvgIpc) is 2.62. The summed E-state index contributed by atoms with van der Waals surface area (Å²) in [5.74, 6) is 0.705. The van der Waals surface area contributed by atoms with Gasteiger partial charge in [0.2, 0.25) is 0 Å². The molecule has 0 spiro atoms. The molecule has 0 saturated carbocycles. The van der Waals surface area contributed by atoms with Crippen LogP contribution in [0.2, 0.25) is 0 Å². The maximum Gasteiger partial charge on any atom is 0.198 e. The lowest BCUT2D eigenvalue weighted by atomic mass is 9.82. The predicted molar refractivity (Wildman–Crippen MR) is 106 cm³/mol. The standard InChI is InChI=1S/C22H26N2O2/c1-13(2)11-23-17-9-5-7-15-19(17)22(26)20-16(21(15)25)8-6-10-18(20)24-12-14(3)4/h5-10,13-14,23-24H,11-12H2,1-4H3. The Hall–Kier alpha value is -2.62. The fourth-order valence-corrected chi connectivity index (χ4v) is 3.17. The van der Waals surface area contributed by atoms with Crippen molar-refractivity contribution in [3.63, 3.8) is 0 Å². The Labute approximate surface area is 155 Å². The van der Waals surface area contributed by atoms with Crippen LogP contribution in [0, 0.1) is 11.8 Å². The molecule has 0 amide bonds. The number of rotatable bonds is 6. The summed E-state index contributed by atoms with van der Waals surface area (Å²) in [6, 6.07) is 10.9. The Morgan fingerprint density at radius 3 is 1.50 bits per heavy atom. The summed E-state index contributed by atoms with van der Waals surface area (Å²) in [7, 11) is 0. The van der Waals surface area contributed by atoms with Gasteiger partial charge in [0.05, 0.1) is 11.1 Å². The van der Waals surface area contributed by atoms with Crippen molar-refractivity contribution in [1.82, 2.24) is 0 Å². The topological polar surface area (TPSA) is 58.2 Å². The smallest absolute Gasteiger partial charge is 0.198 e. The van der Waals surface area contributed by atoms with Gasteiger partial charge in [0.15, 0.2) is 11.6 Å². The molecule has 3 rings (SSSR count). The normalized spacial score (nSPS) is 13.0. The van der Waals surface area contributed by atoms with Gasteiger partial charge in [-0.2, -0.15) is 0 Å². The number of nitrogens with one attached hydrogen (secondary N) is 2. The van der Waals surface area contributed by atoms with Gasteiger partial charge in [-0.3, -0.25) is 9.59 Å². The molecule has 2 aromatic carbocycles. The van der Waals surface area contributed by atoms with Crippen molar-refractivity contribution in [2.45, 2.75) is 27.7 Å². The Morgan fingerprint density at radius 1 is 0.692 bits per heavy atom. The van der Waals surface area contributed by atoms with Gasteiger partial charge in [-0.25, -0.2) is 0 Å². The average molecular weight is 350 g/mol. The Bertz CT molecular complexity index is 786. The molecule has 2 N–H and O–H groups in total. The van der Waals surface area contributed by atoms with Gasteiger partial charge >= 0.3 is 0 Å². The maximum absolute atomic E-state index is 13.4. The van der Waals surface area contributed by atoms with Crippen molar-refractivity contribution in [1.29, 1.82) is 0 Å². The molecule has 0 bridgehead atoms. The molecule has 0 unspecified atom stereocenters. The second kappa shape index (κ2) is 7.32. The molecule has 0 atom stereocenters. The molecule has 0 aromatic heterocycles. The van der Waals surface area contributed by atoms with Crippen molar-refractivity contribution in [3.05, 3.63) is 58.7 Å². The summed E-state index contributed by atoms with van der Waals surface area (Å²) in [5, 5.41) is 6.66. The molecular weight excluding hydrogens is 324 g/mol. The van der Waals surface area contributed by atoms with Crippen LogP contribution in [0.25, 0.3) is 0 Å². The number of benzene rings is 2. The molecule has 2 aromatic rings. The van der Waals surface area contributed by atoms with Crippen LogP contribution < -0.4 is 10.6 Å². The van der Waals surface area contributed by atoms with Crippen molar-refractivity contribution < 1.29 is 9.59 Å². The van der Waals surface area contributed by atoms with E-state index in [1.807, 2.05) is 24.3 Å². The van der Waals surface area contributed by atoms with Gasteiger partial charge in [-0.05, 0) is 24.0 Å². The van der Waals surface area contributed by atoms with Crippen LogP contribution >= 0.6 is 0 Å². The fourth-order valence-electron chi connectivity index (χ4n) is 3.17. The number of ketones is 2. The lowest BCUT2D eigenvalue weighted by Crippen LogP contribution is -2.25. The second-order valence-electron chi connectivity index (χ2n) is 7.66. The molecule has 1 aliphatic rings. The largest absolute Gasteiger partial charge is 0.384 e. The molecule has 4 nitrogen and oxygen atoms in total. The minimum Gasteiger partial charge on any atom is -0.384 e. The van der Waals surface area contributed by atoms with Crippen molar-refractivity contribution in [2.24, 2.45) is 11.8 Å². The molecule has 0 heterocycles. The van der Waals surface area contributed by atoms with Gasteiger partial charge in [0.25, 0.3) is 0 Å². The zero-order valence-electron chi connectivity index (χ0n) is 15.8. The Balaban J connectivity index is 2.08. The van der Waals surface area contributed by atoms with Crippen LogP contribution in [-0.4, -0.2) is 24.7 Å². The molecule has 0 aliphatic heterocycles. The first-order chi connectivity index (χ1) is 12.4. The molecule has 0 fully saturated rings. The van der Waals surface area contributed by atoms with Gasteiger partial charge in [-0.1, -0.05) is 52.0 Å². The predicted octanol–water partition coefficient (Wildman–Crippen LogP) is 4.60. The number of hydrogen-bond donors (Lipinski definition) is 2. The van der Waals surface area contributed by atoms with E-state index in [9.17, 15) is 9.59 Å². The van der Waals surface area contributed by atoms with Crippen molar-refractivity contribution >= 4 is 22.9 Å². The summed E-state index contributed by atoms with van der Waals surface area (Å²) in [4.78, 5) is 26.4. The number of carbonyl (C=O) groups excluding carboxylic acids is 2. The van der Waals surface area contributed by atoms with Gasteiger partial charge < -0.3 is 10.6 Å². The van der Waals surface area contributed by atoms with Crippen LogP contribution in [0.1, 0.15) is 59.5 Å². The maximum atomic E-state index is 13.4. The highest BCUT2D eigenvalue weighted by molar-refractivity contribution is 6.31. The van der Waals surface area contributed by atoms with Crippen LogP contribution in [0.15, 0.2) is 36.4 Å². The lowest BCUT2D eigenvalue weighted by molar-refractivity contribution is 0.0980. The highest BCUT2D eigenvalue weighted by atomic mass is 16.1. The van der Waals surface area contributed by atoms with E-state index in [0.29, 0.717) is 34.1 Å². The first-order valence-corrected chi connectivity index (χ1v) is 9.23. The summed E-state index contributed by atoms with van der Waals surface area (Å²) < 4.78 is 0.